The van der Waals surface area contributed by atoms with Gasteiger partial charge in [0.05, 0.1) is 41.4 Å². The maximum Gasteiger partial charge on any atom is 0.229 e. The van der Waals surface area contributed by atoms with Crippen molar-refractivity contribution in [3.05, 3.63) is 53.7 Å². The molecule has 0 unspecified atom stereocenters. The van der Waals surface area contributed by atoms with Crippen LogP contribution in [-0.4, -0.2) is 61.7 Å². The summed E-state index contributed by atoms with van der Waals surface area (Å²) in [5.74, 6) is 1.14. The molecule has 0 bridgehead atoms. The van der Waals surface area contributed by atoms with E-state index in [1.165, 1.54) is 6.20 Å². The number of benzene rings is 2. The Labute approximate surface area is 228 Å². The third-order valence-corrected chi connectivity index (χ3v) is 8.50. The van der Waals surface area contributed by atoms with Gasteiger partial charge in [-0.05, 0) is 44.5 Å². The normalized spacial score (nSPS) is 13.6. The molecule has 0 spiro atoms. The predicted octanol–water partition coefficient (Wildman–Crippen LogP) is 5.28. The molecule has 38 heavy (non-hydrogen) atoms. The Balaban J connectivity index is 1.56. The van der Waals surface area contributed by atoms with Gasteiger partial charge in [-0.3, -0.25) is 5.01 Å². The van der Waals surface area contributed by atoms with Gasteiger partial charge in [0.25, 0.3) is 0 Å². The quantitative estimate of drug-likeness (QED) is 0.343. The molecule has 0 aliphatic carbocycles. The van der Waals surface area contributed by atoms with E-state index in [1.54, 1.807) is 45.2 Å². The topological polar surface area (TPSA) is 112 Å². The number of anilines is 5. The van der Waals surface area contributed by atoms with Gasteiger partial charge in [0, 0.05) is 24.8 Å². The molecular formula is C26H32ClN7O3S. The summed E-state index contributed by atoms with van der Waals surface area (Å²) in [5, 5.41) is 12.5. The molecular weight excluding hydrogens is 526 g/mol. The van der Waals surface area contributed by atoms with Gasteiger partial charge in [0.2, 0.25) is 5.95 Å². The van der Waals surface area contributed by atoms with Gasteiger partial charge in [-0.15, -0.1) is 0 Å². The number of rotatable bonds is 10. The number of nitrogens with one attached hydrogen (secondary N) is 2. The van der Waals surface area contributed by atoms with E-state index < -0.39 is 15.1 Å². The maximum absolute atomic E-state index is 12.8. The fraction of sp³-hybridized carbons (Fsp3) is 0.346. The highest BCUT2D eigenvalue weighted by Gasteiger charge is 2.23. The average molecular weight is 558 g/mol. The highest BCUT2D eigenvalue weighted by atomic mass is 35.5. The van der Waals surface area contributed by atoms with Crippen molar-refractivity contribution in [2.24, 2.45) is 5.10 Å². The molecule has 4 rings (SSSR count). The number of nitrogens with zero attached hydrogens (tertiary/aromatic N) is 5. The SMILES string of the molecule is CCCN1CCN(c2ccc(Nc3ncc(Cl)c(Nc4ccccc4S(=O)(=O)C(C)C)n3)c(OC)c2)C=N1. The fourth-order valence-electron chi connectivity index (χ4n) is 3.89. The minimum atomic E-state index is -3.52. The van der Waals surface area contributed by atoms with Gasteiger partial charge >= 0.3 is 0 Å². The molecule has 0 fully saturated rings. The molecule has 0 amide bonds. The Morgan fingerprint density at radius 3 is 2.58 bits per heavy atom. The van der Waals surface area contributed by atoms with E-state index in [0.29, 0.717) is 17.1 Å². The Bertz CT molecular complexity index is 1420. The second kappa shape index (κ2) is 11.9. The third kappa shape index (κ3) is 6.11. The van der Waals surface area contributed by atoms with Crippen LogP contribution in [0.25, 0.3) is 0 Å². The summed E-state index contributed by atoms with van der Waals surface area (Å²) in [4.78, 5) is 11.0. The van der Waals surface area contributed by atoms with Crippen molar-refractivity contribution in [3.8, 4) is 5.75 Å². The van der Waals surface area contributed by atoms with Gasteiger partial charge in [0.15, 0.2) is 15.7 Å². The van der Waals surface area contributed by atoms with E-state index in [-0.39, 0.29) is 21.7 Å². The van der Waals surface area contributed by atoms with Gasteiger partial charge in [-0.1, -0.05) is 30.7 Å². The highest BCUT2D eigenvalue weighted by Crippen LogP contribution is 2.33. The number of aromatic nitrogens is 2. The largest absolute Gasteiger partial charge is 0.494 e. The zero-order valence-corrected chi connectivity index (χ0v) is 23.4. The number of halogens is 1. The highest BCUT2D eigenvalue weighted by molar-refractivity contribution is 7.92. The predicted molar refractivity (Wildman–Crippen MR) is 153 cm³/mol. The molecule has 3 aromatic rings. The lowest BCUT2D eigenvalue weighted by molar-refractivity contribution is 0.288. The molecule has 1 aliphatic rings. The number of methoxy groups -OCH3 is 1. The van der Waals surface area contributed by atoms with E-state index in [2.05, 4.69) is 42.5 Å². The monoisotopic (exact) mass is 557 g/mol. The lowest BCUT2D eigenvalue weighted by atomic mass is 10.2. The molecule has 0 atom stereocenters. The van der Waals surface area contributed by atoms with Gasteiger partial charge in [0.1, 0.15) is 17.1 Å². The third-order valence-electron chi connectivity index (χ3n) is 6.01. The van der Waals surface area contributed by atoms with Crippen LogP contribution in [0.4, 0.5) is 28.8 Å². The summed E-state index contributed by atoms with van der Waals surface area (Å²) in [6, 6.07) is 12.4. The summed E-state index contributed by atoms with van der Waals surface area (Å²) < 4.78 is 31.3. The second-order valence-corrected chi connectivity index (χ2v) is 11.9. The van der Waals surface area contributed by atoms with Gasteiger partial charge < -0.3 is 20.3 Å². The summed E-state index contributed by atoms with van der Waals surface area (Å²) >= 11 is 6.36. The van der Waals surface area contributed by atoms with E-state index in [4.69, 9.17) is 16.3 Å². The summed E-state index contributed by atoms with van der Waals surface area (Å²) in [5.41, 5.74) is 2.00. The lowest BCUT2D eigenvalue weighted by Gasteiger charge is -2.30. The minimum absolute atomic E-state index is 0.176. The molecule has 0 saturated carbocycles. The Kier molecular flexibility index (Phi) is 8.58. The van der Waals surface area contributed by atoms with Crippen molar-refractivity contribution >= 4 is 56.6 Å². The van der Waals surface area contributed by atoms with E-state index >= 15 is 0 Å². The molecule has 12 heteroatoms. The van der Waals surface area contributed by atoms with Crippen LogP contribution < -0.4 is 20.3 Å². The first-order valence-corrected chi connectivity index (χ1v) is 14.3. The first-order valence-electron chi connectivity index (χ1n) is 12.4. The van der Waals surface area contributed by atoms with E-state index in [0.717, 1.165) is 31.7 Å². The van der Waals surface area contributed by atoms with Crippen molar-refractivity contribution in [2.75, 3.05) is 42.3 Å². The number of hydrogen-bond donors (Lipinski definition) is 2. The van der Waals surface area contributed by atoms with Crippen molar-refractivity contribution < 1.29 is 13.2 Å². The summed E-state index contributed by atoms with van der Waals surface area (Å²) in [6.07, 6.45) is 4.34. The number of hydrogen-bond acceptors (Lipinski definition) is 10. The Hall–Kier alpha value is -3.57. The second-order valence-electron chi connectivity index (χ2n) is 8.99. The number of ether oxygens (including phenoxy) is 1. The molecule has 10 nitrogen and oxygen atoms in total. The zero-order valence-electron chi connectivity index (χ0n) is 21.8. The molecule has 1 aliphatic heterocycles. The number of sulfone groups is 1. The maximum atomic E-state index is 12.8. The van der Waals surface area contributed by atoms with Gasteiger partial charge in [-0.25, -0.2) is 13.4 Å². The smallest absolute Gasteiger partial charge is 0.229 e. The summed E-state index contributed by atoms with van der Waals surface area (Å²) in [6.45, 7) is 8.03. The van der Waals surface area contributed by atoms with Crippen LogP contribution in [-0.2, 0) is 9.84 Å². The molecule has 202 valence electrons. The van der Waals surface area contributed by atoms with Crippen molar-refractivity contribution in [2.45, 2.75) is 37.3 Å². The molecule has 2 N–H and O–H groups in total. The van der Waals surface area contributed by atoms with Crippen LogP contribution in [0.15, 0.2) is 58.7 Å². The van der Waals surface area contributed by atoms with Crippen LogP contribution in [0, 0.1) is 0 Å². The van der Waals surface area contributed by atoms with Crippen LogP contribution in [0.1, 0.15) is 27.2 Å². The average Bonchev–Trinajstić information content (AvgIpc) is 2.91. The number of para-hydroxylation sites is 1. The van der Waals surface area contributed by atoms with E-state index in [1.807, 2.05) is 24.5 Å². The van der Waals surface area contributed by atoms with Crippen LogP contribution in [0.5, 0.6) is 5.75 Å². The fourth-order valence-corrected chi connectivity index (χ4v) is 5.23. The molecule has 1 aromatic heterocycles. The number of hydrazone groups is 1. The zero-order chi connectivity index (χ0) is 27.3. The van der Waals surface area contributed by atoms with E-state index in [9.17, 15) is 8.42 Å². The molecule has 0 saturated heterocycles. The van der Waals surface area contributed by atoms with Crippen molar-refractivity contribution in [1.29, 1.82) is 0 Å². The lowest BCUT2D eigenvalue weighted by Crippen LogP contribution is -2.38. The molecule has 2 aromatic carbocycles. The Morgan fingerprint density at radius 1 is 1.11 bits per heavy atom. The standard InChI is InChI=1S/C26H32ClN7O3S/c1-5-12-34-14-13-33(17-29-34)19-10-11-21(23(15-19)37-4)31-26-28-16-20(27)25(32-26)30-22-8-6-7-9-24(22)38(35,36)18(2)3/h6-11,15-18H,5,12-14H2,1-4H3,(H2,28,30,31,32). The minimum Gasteiger partial charge on any atom is -0.494 e. The van der Waals surface area contributed by atoms with Crippen LogP contribution >= 0.6 is 11.6 Å². The molecule has 2 heterocycles. The van der Waals surface area contributed by atoms with Crippen molar-refractivity contribution in [1.82, 2.24) is 15.0 Å². The van der Waals surface area contributed by atoms with Crippen LogP contribution in [0.3, 0.4) is 0 Å². The molecule has 0 radical (unpaired) electrons. The van der Waals surface area contributed by atoms with Crippen LogP contribution in [0.2, 0.25) is 5.02 Å². The first kappa shape index (κ1) is 27.5. The first-order chi connectivity index (χ1) is 18.2. The Morgan fingerprint density at radius 2 is 1.89 bits per heavy atom. The van der Waals surface area contributed by atoms with Gasteiger partial charge in [-0.2, -0.15) is 10.1 Å². The summed E-state index contributed by atoms with van der Waals surface area (Å²) in [7, 11) is -1.93. The van der Waals surface area contributed by atoms with Crippen molar-refractivity contribution in [3.63, 3.8) is 0 Å².